The number of hydrogen-bond acceptors (Lipinski definition) is 14. The van der Waals surface area contributed by atoms with Crippen LogP contribution in [0.4, 0.5) is 0 Å². The summed E-state index contributed by atoms with van der Waals surface area (Å²) in [7, 11) is 0. The summed E-state index contributed by atoms with van der Waals surface area (Å²) in [5.41, 5.74) is -3.55. The zero-order valence-corrected chi connectivity index (χ0v) is 32.0. The number of carbonyl (C=O) groups excluding carboxylic acids is 2. The van der Waals surface area contributed by atoms with E-state index in [-0.39, 0.29) is 5.56 Å². The summed E-state index contributed by atoms with van der Waals surface area (Å²) in [5.74, 6) is -5.50. The molecule has 4 aromatic rings. The Morgan fingerprint density at radius 3 is 1.43 bits per heavy atom. The summed E-state index contributed by atoms with van der Waals surface area (Å²) < 4.78 is 26.3. The SMILES string of the molecule is O=C(O[C@@]1([C@@]2(CO)O[C@H](CO)[C@@H](O)[C@@H]2O)O[C@H](CO)[C@@H](O)[C@H](O)[C@H]1O)c1ccccc1C(=O)[O][Pb]([c]1ccccc1)([c]1ccccc1)[c]1ccccc1. The van der Waals surface area contributed by atoms with Crippen molar-refractivity contribution in [3.8, 4) is 0 Å². The summed E-state index contributed by atoms with van der Waals surface area (Å²) in [4.78, 5) is 28.9. The first-order valence-electron chi connectivity index (χ1n) is 16.8. The van der Waals surface area contributed by atoms with Gasteiger partial charge in [-0.15, -0.1) is 0 Å². The van der Waals surface area contributed by atoms with Gasteiger partial charge in [0.1, 0.15) is 0 Å². The molecule has 2 saturated heterocycles. The second kappa shape index (κ2) is 16.0. The predicted molar refractivity (Wildman–Crippen MR) is 188 cm³/mol. The average molecular weight is 928 g/mol. The number of aliphatic hydroxyl groups is 8. The molecule has 6 rings (SSSR count). The second-order valence-electron chi connectivity index (χ2n) is 12.9. The zero-order valence-electron chi connectivity index (χ0n) is 28.2. The van der Waals surface area contributed by atoms with Gasteiger partial charge in [-0.2, -0.15) is 0 Å². The van der Waals surface area contributed by atoms with Crippen molar-refractivity contribution in [1.29, 1.82) is 0 Å². The first-order valence-corrected chi connectivity index (χ1v) is 24.2. The number of carbonyl (C=O) groups is 2. The van der Waals surface area contributed by atoms with Crippen LogP contribution in [0.2, 0.25) is 0 Å². The van der Waals surface area contributed by atoms with Gasteiger partial charge in [-0.1, -0.05) is 0 Å². The van der Waals surface area contributed by atoms with E-state index in [9.17, 15) is 50.4 Å². The molecule has 280 valence electrons. The van der Waals surface area contributed by atoms with Crippen LogP contribution in [0.15, 0.2) is 115 Å². The third-order valence-corrected chi connectivity index (χ3v) is 25.2. The van der Waals surface area contributed by atoms with Gasteiger partial charge in [0.05, 0.1) is 0 Å². The summed E-state index contributed by atoms with van der Waals surface area (Å²) in [6.07, 6.45) is -14.3. The number of aliphatic hydroxyl groups excluding tert-OH is 8. The van der Waals surface area contributed by atoms with E-state index in [0.29, 0.717) is 0 Å². The van der Waals surface area contributed by atoms with Crippen LogP contribution in [0.1, 0.15) is 20.7 Å². The molecule has 4 aromatic carbocycles. The van der Waals surface area contributed by atoms with Crippen LogP contribution < -0.4 is 9.37 Å². The molecular weight excluding hydrogens is 888 g/mol. The second-order valence-corrected chi connectivity index (χ2v) is 25.7. The molecule has 8 N–H and O–H groups in total. The van der Waals surface area contributed by atoms with Gasteiger partial charge < -0.3 is 0 Å². The van der Waals surface area contributed by atoms with Crippen LogP contribution in [-0.2, 0) is 16.9 Å². The van der Waals surface area contributed by atoms with Crippen molar-refractivity contribution in [1.82, 2.24) is 0 Å². The van der Waals surface area contributed by atoms with Gasteiger partial charge in [0.15, 0.2) is 0 Å². The summed E-state index contributed by atoms with van der Waals surface area (Å²) in [6, 6.07) is 33.2. The van der Waals surface area contributed by atoms with Crippen molar-refractivity contribution in [2.45, 2.75) is 54.1 Å². The number of hydrogen-bond donors (Lipinski definition) is 8. The zero-order chi connectivity index (χ0) is 38.0. The van der Waals surface area contributed by atoms with Gasteiger partial charge in [0, 0.05) is 0 Å². The van der Waals surface area contributed by atoms with Crippen LogP contribution in [0.25, 0.3) is 0 Å². The Hall–Kier alpha value is -3.66. The first kappa shape index (κ1) is 39.0. The normalized spacial score (nSPS) is 30.1. The fraction of sp³-hybridized carbons (Fsp3) is 0.316. The van der Waals surface area contributed by atoms with E-state index in [2.05, 4.69) is 0 Å². The van der Waals surface area contributed by atoms with E-state index in [4.69, 9.17) is 16.9 Å². The van der Waals surface area contributed by atoms with Crippen LogP contribution in [-0.4, -0.2) is 148 Å². The van der Waals surface area contributed by atoms with E-state index >= 15 is 0 Å². The molecule has 0 bridgehead atoms. The van der Waals surface area contributed by atoms with Gasteiger partial charge >= 0.3 is 311 Å². The summed E-state index contributed by atoms with van der Waals surface area (Å²) >= 11 is -4.96. The fourth-order valence-electron chi connectivity index (χ4n) is 7.15. The Bertz CT molecular complexity index is 1770. The average Bonchev–Trinajstić information content (AvgIpc) is 3.47. The Balaban J connectivity index is 1.46. The first-order chi connectivity index (χ1) is 25.5. The third kappa shape index (κ3) is 6.61. The van der Waals surface area contributed by atoms with E-state index in [1.54, 1.807) is 0 Å². The van der Waals surface area contributed by atoms with E-state index < -0.39 is 113 Å². The Kier molecular flexibility index (Phi) is 11.8. The predicted octanol–water partition coefficient (Wildman–Crippen LogP) is -2.32. The van der Waals surface area contributed by atoms with Crippen molar-refractivity contribution >= 4 is 42.9 Å². The quantitative estimate of drug-likeness (QED) is 0.0584. The minimum absolute atomic E-state index is 0.288. The van der Waals surface area contributed by atoms with Crippen molar-refractivity contribution in [3.63, 3.8) is 0 Å². The number of ether oxygens (including phenoxy) is 3. The van der Waals surface area contributed by atoms with E-state index in [1.165, 1.54) is 24.3 Å². The number of esters is 1. The van der Waals surface area contributed by atoms with Gasteiger partial charge in [-0.05, 0) is 0 Å². The molecule has 9 atom stereocenters. The third-order valence-electron chi connectivity index (χ3n) is 9.90. The van der Waals surface area contributed by atoms with Gasteiger partial charge in [-0.25, -0.2) is 0 Å². The Morgan fingerprint density at radius 2 is 1.00 bits per heavy atom. The van der Waals surface area contributed by atoms with E-state index in [0.717, 1.165) is 9.37 Å². The molecule has 0 spiro atoms. The number of benzene rings is 4. The Labute approximate surface area is 309 Å². The molecule has 0 aromatic heterocycles. The van der Waals surface area contributed by atoms with Crippen LogP contribution >= 0.6 is 0 Å². The molecule has 0 radical (unpaired) electrons. The maximum absolute atomic E-state index is 14.6. The standard InChI is InChI=1S/C20H26O14.3C6H5.Pb/c21-5-10-12(24)14(26)16(28)20(33-10,19(7-23)15(27)13(25)11(6-22)32-19)34-18(31)9-4-2-1-3-8(9)17(29)30;3*1-2-4-6-5-3-1;/h1-4,10-16,21-28H,5-7H2,(H,29,30);3*1-5H;/q;;;;+1/p-1/t10-,11-,12-,13-,14+,15+,16-,19+,20+;;;;/m1..../s1. The Morgan fingerprint density at radius 1 is 0.566 bits per heavy atom. The van der Waals surface area contributed by atoms with Gasteiger partial charge in [0.2, 0.25) is 0 Å². The van der Waals surface area contributed by atoms with Gasteiger partial charge in [0.25, 0.3) is 0 Å². The molecule has 14 nitrogen and oxygen atoms in total. The molecule has 2 fully saturated rings. The molecule has 0 amide bonds. The van der Waals surface area contributed by atoms with Crippen molar-refractivity contribution in [2.75, 3.05) is 19.8 Å². The van der Waals surface area contributed by atoms with Crippen molar-refractivity contribution in [3.05, 3.63) is 126 Å². The molecule has 2 aliphatic heterocycles. The molecule has 0 aliphatic carbocycles. The molecule has 0 saturated carbocycles. The molecular formula is C38H40O14Pb. The van der Waals surface area contributed by atoms with Crippen molar-refractivity contribution < 1.29 is 67.3 Å². The van der Waals surface area contributed by atoms with Crippen molar-refractivity contribution in [2.24, 2.45) is 0 Å². The topological polar surface area (TPSA) is 233 Å². The van der Waals surface area contributed by atoms with Crippen LogP contribution in [0.3, 0.4) is 0 Å². The molecule has 15 heteroatoms. The molecule has 2 heterocycles. The fourth-order valence-corrected chi connectivity index (χ4v) is 21.6. The van der Waals surface area contributed by atoms with Gasteiger partial charge in [-0.3, -0.25) is 0 Å². The molecule has 53 heavy (non-hydrogen) atoms. The monoisotopic (exact) mass is 928 g/mol. The number of rotatable bonds is 11. The summed E-state index contributed by atoms with van der Waals surface area (Å²) in [6.45, 7) is -3.29. The molecule has 2 aliphatic rings. The van der Waals surface area contributed by atoms with E-state index in [1.807, 2.05) is 91.0 Å². The van der Waals surface area contributed by atoms with Crippen LogP contribution in [0.5, 0.6) is 0 Å². The maximum atomic E-state index is 14.6. The minimum atomic E-state index is -4.96. The molecule has 0 unspecified atom stereocenters. The summed E-state index contributed by atoms with van der Waals surface area (Å²) in [5, 5.41) is 85.5. The van der Waals surface area contributed by atoms with Crippen LogP contribution in [0, 0.1) is 0 Å².